The molecule has 0 saturated heterocycles. The average molecular weight is 355 g/mol. The van der Waals surface area contributed by atoms with Crippen molar-refractivity contribution in [2.45, 2.75) is 6.54 Å². The van der Waals surface area contributed by atoms with Crippen LogP contribution >= 0.6 is 38.9 Å². The molecule has 1 aromatic carbocycles. The van der Waals surface area contributed by atoms with Gasteiger partial charge in [0.25, 0.3) is 0 Å². The second-order valence-corrected chi connectivity index (χ2v) is 6.13. The van der Waals surface area contributed by atoms with Gasteiger partial charge in [-0.3, -0.25) is 0 Å². The Morgan fingerprint density at radius 2 is 1.95 bits per heavy atom. The van der Waals surface area contributed by atoms with E-state index in [2.05, 4.69) is 43.3 Å². The van der Waals surface area contributed by atoms with Gasteiger partial charge in [-0.2, -0.15) is 4.98 Å². The number of halogens is 2. The normalized spacial score (nSPS) is 10.8. The van der Waals surface area contributed by atoms with Crippen molar-refractivity contribution in [3.8, 4) is 0 Å². The molecule has 3 nitrogen and oxygen atoms in total. The molecule has 0 spiro atoms. The zero-order chi connectivity index (χ0) is 13.2. The minimum absolute atomic E-state index is 0.268. The van der Waals surface area contributed by atoms with Crippen LogP contribution in [0.1, 0.15) is 5.56 Å². The van der Waals surface area contributed by atoms with Gasteiger partial charge >= 0.3 is 0 Å². The Morgan fingerprint density at radius 3 is 2.74 bits per heavy atom. The lowest BCUT2D eigenvalue weighted by Gasteiger charge is -2.07. The van der Waals surface area contributed by atoms with Crippen LogP contribution in [0.15, 0.2) is 40.2 Å². The van der Waals surface area contributed by atoms with Crippen molar-refractivity contribution in [1.29, 1.82) is 0 Å². The molecule has 0 saturated carbocycles. The number of benzene rings is 1. The Kier molecular flexibility index (Phi) is 3.68. The first-order chi connectivity index (χ1) is 9.22. The maximum atomic E-state index is 5.92. The molecule has 0 amide bonds. The van der Waals surface area contributed by atoms with Gasteiger partial charge in [-0.05, 0) is 40.7 Å². The molecule has 0 aliphatic carbocycles. The number of nitrogens with zero attached hydrogens (tertiary/aromatic N) is 2. The number of hydrogen-bond donors (Lipinski definition) is 1. The fraction of sp³-hybridized carbons (Fsp3) is 0.0769. The largest absolute Gasteiger partial charge is 0.365 e. The SMILES string of the molecule is Clc1nc(NCc2ccc(Br)cc2)c2sccc2n1. The van der Waals surface area contributed by atoms with Gasteiger partial charge in [0.1, 0.15) is 5.82 Å². The Bertz CT molecular complexity index is 711. The second-order valence-electron chi connectivity index (χ2n) is 3.96. The summed E-state index contributed by atoms with van der Waals surface area (Å²) >= 11 is 10.9. The smallest absolute Gasteiger partial charge is 0.224 e. The predicted molar refractivity (Wildman–Crippen MR) is 83.9 cm³/mol. The summed E-state index contributed by atoms with van der Waals surface area (Å²) < 4.78 is 2.10. The predicted octanol–water partition coefficient (Wildman–Crippen LogP) is 4.72. The van der Waals surface area contributed by atoms with Crippen LogP contribution in [0.5, 0.6) is 0 Å². The van der Waals surface area contributed by atoms with Crippen LogP contribution in [0.25, 0.3) is 10.2 Å². The summed E-state index contributed by atoms with van der Waals surface area (Å²) in [5.74, 6) is 0.785. The lowest BCUT2D eigenvalue weighted by Crippen LogP contribution is -2.02. The van der Waals surface area contributed by atoms with Gasteiger partial charge < -0.3 is 5.32 Å². The van der Waals surface area contributed by atoms with Gasteiger partial charge in [-0.25, -0.2) is 4.98 Å². The van der Waals surface area contributed by atoms with Gasteiger partial charge in [-0.15, -0.1) is 11.3 Å². The third-order valence-corrected chi connectivity index (χ3v) is 4.26. The van der Waals surface area contributed by atoms with Crippen molar-refractivity contribution >= 4 is 54.9 Å². The zero-order valence-corrected chi connectivity index (χ0v) is 12.9. The highest BCUT2D eigenvalue weighted by Gasteiger charge is 2.07. The maximum Gasteiger partial charge on any atom is 0.224 e. The van der Waals surface area contributed by atoms with Crippen LogP contribution in [-0.4, -0.2) is 9.97 Å². The lowest BCUT2D eigenvalue weighted by molar-refractivity contribution is 1.10. The zero-order valence-electron chi connectivity index (χ0n) is 9.73. The maximum absolute atomic E-state index is 5.92. The molecule has 0 aliphatic rings. The summed E-state index contributed by atoms with van der Waals surface area (Å²) in [6, 6.07) is 10.1. The van der Waals surface area contributed by atoms with Crippen LogP contribution in [0.3, 0.4) is 0 Å². The van der Waals surface area contributed by atoms with Crippen LogP contribution in [0.4, 0.5) is 5.82 Å². The molecular weight excluding hydrogens is 346 g/mol. The number of aromatic nitrogens is 2. The van der Waals surface area contributed by atoms with Crippen LogP contribution in [-0.2, 0) is 6.54 Å². The Labute approximate surface area is 127 Å². The standard InChI is InChI=1S/C13H9BrClN3S/c14-9-3-1-8(2-4-9)7-16-12-11-10(5-6-19-11)17-13(15)18-12/h1-6H,7H2,(H,16,17,18). The summed E-state index contributed by atoms with van der Waals surface area (Å²) in [4.78, 5) is 8.43. The molecule has 0 radical (unpaired) electrons. The Hall–Kier alpha value is -1.17. The van der Waals surface area contributed by atoms with E-state index in [9.17, 15) is 0 Å². The quantitative estimate of drug-likeness (QED) is 0.692. The molecule has 2 aromatic heterocycles. The third-order valence-electron chi connectivity index (χ3n) is 2.65. The Morgan fingerprint density at radius 1 is 1.16 bits per heavy atom. The van der Waals surface area contributed by atoms with Gasteiger partial charge in [-0.1, -0.05) is 28.1 Å². The number of rotatable bonds is 3. The van der Waals surface area contributed by atoms with E-state index in [0.29, 0.717) is 6.54 Å². The summed E-state index contributed by atoms with van der Waals surface area (Å²) in [7, 11) is 0. The van der Waals surface area contributed by atoms with E-state index >= 15 is 0 Å². The molecule has 1 N–H and O–H groups in total. The number of thiophene rings is 1. The first kappa shape index (κ1) is 12.8. The first-order valence-electron chi connectivity index (χ1n) is 5.61. The third kappa shape index (κ3) is 2.88. The molecular formula is C13H9BrClN3S. The minimum Gasteiger partial charge on any atom is -0.365 e. The minimum atomic E-state index is 0.268. The summed E-state index contributed by atoms with van der Waals surface area (Å²) in [5, 5.41) is 5.56. The lowest BCUT2D eigenvalue weighted by atomic mass is 10.2. The molecule has 3 rings (SSSR count). The molecule has 0 unspecified atom stereocenters. The van der Waals surface area contributed by atoms with Crippen molar-refractivity contribution < 1.29 is 0 Å². The molecule has 6 heteroatoms. The topological polar surface area (TPSA) is 37.8 Å². The number of hydrogen-bond acceptors (Lipinski definition) is 4. The number of nitrogens with one attached hydrogen (secondary N) is 1. The Balaban J connectivity index is 1.85. The van der Waals surface area contributed by atoms with Crippen molar-refractivity contribution in [3.05, 3.63) is 51.0 Å². The summed E-state index contributed by atoms with van der Waals surface area (Å²) in [6.45, 7) is 0.702. The van der Waals surface area contributed by atoms with E-state index in [4.69, 9.17) is 11.6 Å². The van der Waals surface area contributed by atoms with Crippen LogP contribution in [0.2, 0.25) is 5.28 Å². The van der Waals surface area contributed by atoms with Gasteiger partial charge in [0.05, 0.1) is 10.2 Å². The molecule has 2 heterocycles. The molecule has 0 aliphatic heterocycles. The molecule has 0 bridgehead atoms. The fourth-order valence-corrected chi connectivity index (χ4v) is 2.98. The van der Waals surface area contributed by atoms with Gasteiger partial charge in [0.2, 0.25) is 5.28 Å². The number of fused-ring (bicyclic) bond motifs is 1. The highest BCUT2D eigenvalue weighted by molar-refractivity contribution is 9.10. The van der Waals surface area contributed by atoms with Crippen molar-refractivity contribution in [2.24, 2.45) is 0 Å². The van der Waals surface area contributed by atoms with Crippen molar-refractivity contribution in [3.63, 3.8) is 0 Å². The van der Waals surface area contributed by atoms with E-state index in [1.165, 1.54) is 5.56 Å². The fourth-order valence-electron chi connectivity index (χ4n) is 1.74. The van der Waals surface area contributed by atoms with Gasteiger partial charge in [0.15, 0.2) is 0 Å². The van der Waals surface area contributed by atoms with E-state index < -0.39 is 0 Å². The van der Waals surface area contributed by atoms with Gasteiger partial charge in [0, 0.05) is 11.0 Å². The van der Waals surface area contributed by atoms with Crippen LogP contribution in [0, 0.1) is 0 Å². The van der Waals surface area contributed by atoms with Crippen molar-refractivity contribution in [2.75, 3.05) is 5.32 Å². The molecule has 0 atom stereocenters. The monoisotopic (exact) mass is 353 g/mol. The second kappa shape index (κ2) is 5.45. The van der Waals surface area contributed by atoms with E-state index in [-0.39, 0.29) is 5.28 Å². The van der Waals surface area contributed by atoms with E-state index in [1.807, 2.05) is 23.6 Å². The number of anilines is 1. The summed E-state index contributed by atoms with van der Waals surface area (Å²) in [6.07, 6.45) is 0. The molecule has 3 aromatic rings. The average Bonchev–Trinajstić information content (AvgIpc) is 2.85. The van der Waals surface area contributed by atoms with E-state index in [0.717, 1.165) is 20.5 Å². The van der Waals surface area contributed by atoms with Crippen LogP contribution < -0.4 is 5.32 Å². The molecule has 19 heavy (non-hydrogen) atoms. The summed E-state index contributed by atoms with van der Waals surface area (Å²) in [5.41, 5.74) is 2.06. The molecule has 96 valence electrons. The highest BCUT2D eigenvalue weighted by atomic mass is 79.9. The molecule has 0 fully saturated rings. The van der Waals surface area contributed by atoms with E-state index in [1.54, 1.807) is 11.3 Å². The van der Waals surface area contributed by atoms with Crippen molar-refractivity contribution in [1.82, 2.24) is 9.97 Å². The highest BCUT2D eigenvalue weighted by Crippen LogP contribution is 2.27. The first-order valence-corrected chi connectivity index (χ1v) is 7.66.